The first-order valence-electron chi connectivity index (χ1n) is 10.00. The molecule has 2 rings (SSSR count). The second kappa shape index (κ2) is 11.6. The van der Waals surface area contributed by atoms with Gasteiger partial charge in [0.05, 0.1) is 26.3 Å². The van der Waals surface area contributed by atoms with Crippen LogP contribution in [0.3, 0.4) is 0 Å². The molecule has 0 bridgehead atoms. The number of morpholine rings is 1. The number of amides is 2. The summed E-state index contributed by atoms with van der Waals surface area (Å²) in [5.41, 5.74) is -0.300. The third-order valence-electron chi connectivity index (χ3n) is 5.01. The van der Waals surface area contributed by atoms with E-state index in [2.05, 4.69) is 19.2 Å². The molecule has 2 aliphatic rings. The highest BCUT2D eigenvalue weighted by Gasteiger charge is 2.51. The van der Waals surface area contributed by atoms with Gasteiger partial charge in [0.2, 0.25) is 11.8 Å². The van der Waals surface area contributed by atoms with Crippen molar-refractivity contribution >= 4 is 17.8 Å². The van der Waals surface area contributed by atoms with Gasteiger partial charge in [-0.05, 0) is 19.4 Å². The standard InChI is InChI=1S/C17H31N3O4.C2HF3O2/c1-13(2)5-6-15(21)20-11-17(12-20)10-19(3)14(9-24-17)16(22)18-7-8-23-4;3-2(4,5)1(6)7/h13-14H,5-12H2,1-4H3,(H,18,22);(H,6,7). The molecule has 2 fully saturated rings. The van der Waals surface area contributed by atoms with Crippen molar-refractivity contribution in [2.24, 2.45) is 5.92 Å². The van der Waals surface area contributed by atoms with Crippen molar-refractivity contribution in [2.45, 2.75) is 44.5 Å². The number of likely N-dealkylation sites (N-methyl/N-ethyl adjacent to an activating group) is 1. The minimum absolute atomic E-state index is 0.0337. The lowest BCUT2D eigenvalue weighted by Gasteiger charge is -2.54. The highest BCUT2D eigenvalue weighted by molar-refractivity contribution is 5.82. The number of carboxylic acids is 1. The number of likely N-dealkylation sites (tertiary alicyclic amines) is 1. The highest BCUT2D eigenvalue weighted by Crippen LogP contribution is 2.31. The quantitative estimate of drug-likeness (QED) is 0.545. The van der Waals surface area contributed by atoms with Gasteiger partial charge in [-0.2, -0.15) is 13.2 Å². The number of carbonyl (C=O) groups excluding carboxylic acids is 2. The molecule has 9 nitrogen and oxygen atoms in total. The minimum atomic E-state index is -5.08. The van der Waals surface area contributed by atoms with Crippen molar-refractivity contribution in [2.75, 3.05) is 53.6 Å². The van der Waals surface area contributed by atoms with Gasteiger partial charge in [-0.25, -0.2) is 4.79 Å². The first-order chi connectivity index (χ1) is 14.3. The molecule has 0 aromatic carbocycles. The molecule has 1 spiro atoms. The maximum Gasteiger partial charge on any atom is 0.490 e. The summed E-state index contributed by atoms with van der Waals surface area (Å²) >= 11 is 0. The molecule has 0 saturated carbocycles. The number of halogens is 3. The number of rotatable bonds is 7. The zero-order chi connectivity index (χ0) is 23.8. The van der Waals surface area contributed by atoms with E-state index in [-0.39, 0.29) is 23.5 Å². The number of alkyl halides is 3. The fourth-order valence-electron chi connectivity index (χ4n) is 3.25. The number of nitrogens with zero attached hydrogens (tertiary/aromatic N) is 2. The fraction of sp³-hybridized carbons (Fsp3) is 0.842. The van der Waals surface area contributed by atoms with Crippen LogP contribution in [0.25, 0.3) is 0 Å². The molecule has 0 aromatic heterocycles. The molecule has 31 heavy (non-hydrogen) atoms. The Morgan fingerprint density at radius 2 is 1.84 bits per heavy atom. The molecule has 2 aliphatic heterocycles. The van der Waals surface area contributed by atoms with E-state index in [1.54, 1.807) is 7.11 Å². The maximum atomic E-state index is 12.2. The predicted molar refractivity (Wildman–Crippen MR) is 104 cm³/mol. The van der Waals surface area contributed by atoms with Crippen molar-refractivity contribution in [3.8, 4) is 0 Å². The first-order valence-corrected chi connectivity index (χ1v) is 10.00. The van der Waals surface area contributed by atoms with Gasteiger partial charge < -0.3 is 24.8 Å². The molecule has 0 radical (unpaired) electrons. The van der Waals surface area contributed by atoms with E-state index in [9.17, 15) is 22.8 Å². The zero-order valence-electron chi connectivity index (χ0n) is 18.3. The van der Waals surface area contributed by atoms with Crippen LogP contribution < -0.4 is 5.32 Å². The number of aliphatic carboxylic acids is 1. The van der Waals surface area contributed by atoms with E-state index < -0.39 is 12.1 Å². The van der Waals surface area contributed by atoms with E-state index in [1.807, 2.05) is 16.8 Å². The van der Waals surface area contributed by atoms with Crippen molar-refractivity contribution in [3.05, 3.63) is 0 Å². The molecule has 2 saturated heterocycles. The van der Waals surface area contributed by atoms with E-state index in [1.165, 1.54) is 0 Å². The number of carboxylic acid groups (broad SMARTS) is 1. The smallest absolute Gasteiger partial charge is 0.475 e. The van der Waals surface area contributed by atoms with Gasteiger partial charge in [0.15, 0.2) is 0 Å². The molecule has 1 atom stereocenters. The van der Waals surface area contributed by atoms with Crippen molar-refractivity contribution in [3.63, 3.8) is 0 Å². The summed E-state index contributed by atoms with van der Waals surface area (Å²) in [6.45, 7) is 7.55. The summed E-state index contributed by atoms with van der Waals surface area (Å²) in [5.74, 6) is -2.04. The van der Waals surface area contributed by atoms with E-state index in [0.29, 0.717) is 51.7 Å². The monoisotopic (exact) mass is 455 g/mol. The molecule has 12 heteroatoms. The van der Waals surface area contributed by atoms with E-state index in [4.69, 9.17) is 19.4 Å². The average molecular weight is 455 g/mol. The number of hydrogen-bond acceptors (Lipinski definition) is 6. The Balaban J connectivity index is 0.000000592. The highest BCUT2D eigenvalue weighted by atomic mass is 19.4. The second-order valence-electron chi connectivity index (χ2n) is 8.19. The van der Waals surface area contributed by atoms with Gasteiger partial charge in [0.25, 0.3) is 0 Å². The number of methoxy groups -OCH3 is 1. The van der Waals surface area contributed by atoms with Crippen molar-refractivity contribution in [1.29, 1.82) is 0 Å². The Kier molecular flexibility index (Phi) is 10.2. The normalized spacial score (nSPS) is 20.6. The lowest BCUT2D eigenvalue weighted by molar-refractivity contribution is -0.201. The van der Waals surface area contributed by atoms with E-state index in [0.717, 1.165) is 6.42 Å². The number of hydrogen-bond donors (Lipinski definition) is 2. The average Bonchev–Trinajstić information content (AvgIpc) is 2.63. The van der Waals surface area contributed by atoms with Gasteiger partial charge in [-0.3, -0.25) is 14.5 Å². The Labute approximate surface area is 179 Å². The molecular weight excluding hydrogens is 423 g/mol. The summed E-state index contributed by atoms with van der Waals surface area (Å²) in [7, 11) is 3.55. The van der Waals surface area contributed by atoms with Crippen LogP contribution in [0.15, 0.2) is 0 Å². The van der Waals surface area contributed by atoms with Crippen LogP contribution in [-0.2, 0) is 23.9 Å². The lowest BCUT2D eigenvalue weighted by Crippen LogP contribution is -2.73. The molecule has 0 aliphatic carbocycles. The Morgan fingerprint density at radius 1 is 1.26 bits per heavy atom. The largest absolute Gasteiger partial charge is 0.490 e. The molecule has 2 heterocycles. The van der Waals surface area contributed by atoms with Crippen LogP contribution in [-0.4, -0.2) is 104 Å². The van der Waals surface area contributed by atoms with Crippen LogP contribution in [0, 0.1) is 5.92 Å². The Bertz CT molecular complexity index is 623. The van der Waals surface area contributed by atoms with Gasteiger partial charge in [0.1, 0.15) is 11.6 Å². The van der Waals surface area contributed by atoms with Crippen LogP contribution >= 0.6 is 0 Å². The number of nitrogens with one attached hydrogen (secondary N) is 1. The van der Waals surface area contributed by atoms with Gasteiger partial charge in [-0.1, -0.05) is 13.8 Å². The van der Waals surface area contributed by atoms with Crippen molar-refractivity contribution in [1.82, 2.24) is 15.1 Å². The number of ether oxygens (including phenoxy) is 2. The second-order valence-corrected chi connectivity index (χ2v) is 8.19. The minimum Gasteiger partial charge on any atom is -0.475 e. The molecule has 2 amide bonds. The first kappa shape index (κ1) is 27.1. The SMILES string of the molecule is COCCNC(=O)C1COC2(CN(C(=O)CCC(C)C)C2)CN1C.O=C(O)C(F)(F)F. The third kappa shape index (κ3) is 8.62. The summed E-state index contributed by atoms with van der Waals surface area (Å²) in [5, 5.41) is 9.98. The van der Waals surface area contributed by atoms with Crippen LogP contribution in [0.2, 0.25) is 0 Å². The van der Waals surface area contributed by atoms with Gasteiger partial charge in [0, 0.05) is 26.6 Å². The fourth-order valence-corrected chi connectivity index (χ4v) is 3.25. The molecule has 0 aromatic rings. The van der Waals surface area contributed by atoms with Crippen LogP contribution in [0.4, 0.5) is 13.2 Å². The predicted octanol–water partition coefficient (Wildman–Crippen LogP) is 0.730. The number of carbonyl (C=O) groups is 3. The molecule has 180 valence electrons. The summed E-state index contributed by atoms with van der Waals surface area (Å²) in [6.07, 6.45) is -3.55. The molecule has 1 unspecified atom stereocenters. The van der Waals surface area contributed by atoms with Crippen LogP contribution in [0.5, 0.6) is 0 Å². The molecule has 2 N–H and O–H groups in total. The van der Waals surface area contributed by atoms with Crippen molar-refractivity contribution < 1.29 is 42.1 Å². The third-order valence-corrected chi connectivity index (χ3v) is 5.01. The van der Waals surface area contributed by atoms with E-state index >= 15 is 0 Å². The molecular formula is C19H32F3N3O6. The van der Waals surface area contributed by atoms with Gasteiger partial charge in [-0.15, -0.1) is 0 Å². The lowest BCUT2D eigenvalue weighted by atomic mass is 9.90. The Hall–Kier alpha value is -1.92. The van der Waals surface area contributed by atoms with Crippen LogP contribution in [0.1, 0.15) is 26.7 Å². The summed E-state index contributed by atoms with van der Waals surface area (Å²) < 4.78 is 42.7. The summed E-state index contributed by atoms with van der Waals surface area (Å²) in [4.78, 5) is 37.1. The zero-order valence-corrected chi connectivity index (χ0v) is 18.3. The Morgan fingerprint density at radius 3 is 2.29 bits per heavy atom. The topological polar surface area (TPSA) is 108 Å². The van der Waals surface area contributed by atoms with Gasteiger partial charge >= 0.3 is 12.1 Å². The summed E-state index contributed by atoms with van der Waals surface area (Å²) in [6, 6.07) is -0.279. The maximum absolute atomic E-state index is 12.2.